The maximum atomic E-state index is 13.1. The highest BCUT2D eigenvalue weighted by Crippen LogP contribution is 2.20. The molecule has 140 valence electrons. The Morgan fingerprint density at radius 1 is 1.33 bits per heavy atom. The Labute approximate surface area is 162 Å². The molecule has 1 saturated heterocycles. The summed E-state index contributed by atoms with van der Waals surface area (Å²) < 4.78 is 1.65. The van der Waals surface area contributed by atoms with Crippen LogP contribution in [0, 0.1) is 11.3 Å². The van der Waals surface area contributed by atoms with Crippen molar-refractivity contribution in [2.24, 2.45) is 5.73 Å². The molecule has 1 aliphatic heterocycles. The first-order valence-corrected chi connectivity index (χ1v) is 8.74. The number of H-pyrrole nitrogens is 1. The zero-order valence-electron chi connectivity index (χ0n) is 14.8. The summed E-state index contributed by atoms with van der Waals surface area (Å²) in [6.45, 7) is 1.78. The van der Waals surface area contributed by atoms with Gasteiger partial charge >= 0.3 is 0 Å². The van der Waals surface area contributed by atoms with Gasteiger partial charge in [0.15, 0.2) is 0 Å². The molecule has 4 rings (SSSR count). The van der Waals surface area contributed by atoms with Crippen molar-refractivity contribution in [3.8, 4) is 6.07 Å². The molecule has 0 amide bonds. The largest absolute Gasteiger partial charge is 0.355 e. The number of aromatic amines is 1. The Balaban J connectivity index is 0.00000210. The first kappa shape index (κ1) is 19.0. The lowest BCUT2D eigenvalue weighted by Crippen LogP contribution is -2.45. The van der Waals surface area contributed by atoms with E-state index in [0.717, 1.165) is 24.9 Å². The number of fused-ring (bicyclic) bond motifs is 1. The Hall–Kier alpha value is -2.82. The standard InChI is InChI=1S/C19H20N6O.ClH/c20-10-13-4-1-2-5-14(13)11-25-18(26)17-16(7-8-22-17)23-19(25)24-9-3-6-15(21)12-24;/h1-2,4-5,7-8,15,22H,3,6,9,11-12,21H2;1H/t15-;/m1./s1. The Morgan fingerprint density at radius 3 is 2.93 bits per heavy atom. The summed E-state index contributed by atoms with van der Waals surface area (Å²) in [4.78, 5) is 22.9. The second-order valence-corrected chi connectivity index (χ2v) is 6.66. The average molecular weight is 385 g/mol. The van der Waals surface area contributed by atoms with E-state index in [0.29, 0.717) is 35.6 Å². The highest BCUT2D eigenvalue weighted by molar-refractivity contribution is 5.85. The van der Waals surface area contributed by atoms with E-state index in [2.05, 4.69) is 16.0 Å². The van der Waals surface area contributed by atoms with Gasteiger partial charge in [-0.2, -0.15) is 5.26 Å². The number of hydrogen-bond donors (Lipinski definition) is 2. The number of nitriles is 1. The van der Waals surface area contributed by atoms with Crippen LogP contribution in [0.2, 0.25) is 0 Å². The third-order valence-electron chi connectivity index (χ3n) is 4.85. The van der Waals surface area contributed by atoms with Gasteiger partial charge in [-0.3, -0.25) is 9.36 Å². The smallest absolute Gasteiger partial charge is 0.279 e. The highest BCUT2D eigenvalue weighted by atomic mass is 35.5. The van der Waals surface area contributed by atoms with Crippen molar-refractivity contribution in [1.82, 2.24) is 14.5 Å². The van der Waals surface area contributed by atoms with Crippen molar-refractivity contribution >= 4 is 29.4 Å². The van der Waals surface area contributed by atoms with Crippen molar-refractivity contribution in [2.75, 3.05) is 18.0 Å². The van der Waals surface area contributed by atoms with Gasteiger partial charge in [0.1, 0.15) is 5.52 Å². The molecule has 0 aliphatic carbocycles. The average Bonchev–Trinajstić information content (AvgIpc) is 3.13. The van der Waals surface area contributed by atoms with E-state index in [9.17, 15) is 10.1 Å². The summed E-state index contributed by atoms with van der Waals surface area (Å²) >= 11 is 0. The summed E-state index contributed by atoms with van der Waals surface area (Å²) in [6, 6.07) is 11.4. The number of anilines is 1. The first-order valence-electron chi connectivity index (χ1n) is 8.74. The molecule has 0 bridgehead atoms. The molecule has 0 saturated carbocycles. The molecule has 1 aliphatic rings. The van der Waals surface area contributed by atoms with Crippen molar-refractivity contribution in [3.63, 3.8) is 0 Å². The zero-order chi connectivity index (χ0) is 18.1. The molecule has 2 aromatic heterocycles. The highest BCUT2D eigenvalue weighted by Gasteiger charge is 2.23. The lowest BCUT2D eigenvalue weighted by Gasteiger charge is -2.33. The molecule has 1 fully saturated rings. The van der Waals surface area contributed by atoms with E-state index in [1.54, 1.807) is 22.9 Å². The van der Waals surface area contributed by atoms with E-state index >= 15 is 0 Å². The Morgan fingerprint density at radius 2 is 2.15 bits per heavy atom. The van der Waals surface area contributed by atoms with Crippen LogP contribution in [-0.2, 0) is 6.54 Å². The molecule has 7 nitrogen and oxygen atoms in total. The molecule has 0 spiro atoms. The van der Waals surface area contributed by atoms with E-state index in [-0.39, 0.29) is 24.0 Å². The molecule has 3 heterocycles. The molecule has 0 unspecified atom stereocenters. The number of halogens is 1. The van der Waals surface area contributed by atoms with Crippen LogP contribution in [0.3, 0.4) is 0 Å². The topological polar surface area (TPSA) is 104 Å². The Bertz CT molecular complexity index is 1050. The minimum absolute atomic E-state index is 0. The number of rotatable bonds is 3. The maximum absolute atomic E-state index is 13.1. The van der Waals surface area contributed by atoms with Gasteiger partial charge in [-0.1, -0.05) is 18.2 Å². The van der Waals surface area contributed by atoms with E-state index in [1.807, 2.05) is 18.2 Å². The van der Waals surface area contributed by atoms with Crippen LogP contribution in [-0.4, -0.2) is 33.7 Å². The van der Waals surface area contributed by atoms with E-state index < -0.39 is 0 Å². The SMILES string of the molecule is Cl.N#Cc1ccccc1Cn1c(N2CCC[C@@H](N)C2)nc2cc[nH]c2c1=O. The third-order valence-corrected chi connectivity index (χ3v) is 4.85. The zero-order valence-corrected chi connectivity index (χ0v) is 15.6. The molecular weight excluding hydrogens is 364 g/mol. The monoisotopic (exact) mass is 384 g/mol. The fourth-order valence-corrected chi connectivity index (χ4v) is 3.53. The second kappa shape index (κ2) is 7.82. The van der Waals surface area contributed by atoms with Crippen LogP contribution in [0.1, 0.15) is 24.0 Å². The van der Waals surface area contributed by atoms with Gasteiger partial charge < -0.3 is 15.6 Å². The van der Waals surface area contributed by atoms with Gasteiger partial charge in [0.05, 0.1) is 23.7 Å². The van der Waals surface area contributed by atoms with Crippen molar-refractivity contribution in [1.29, 1.82) is 5.26 Å². The minimum atomic E-state index is -0.137. The van der Waals surface area contributed by atoms with Gasteiger partial charge in [0, 0.05) is 25.3 Å². The van der Waals surface area contributed by atoms with Gasteiger partial charge in [-0.05, 0) is 30.5 Å². The summed E-state index contributed by atoms with van der Waals surface area (Å²) in [5, 5.41) is 9.37. The fourth-order valence-electron chi connectivity index (χ4n) is 3.53. The van der Waals surface area contributed by atoms with Gasteiger partial charge in [0.25, 0.3) is 5.56 Å². The van der Waals surface area contributed by atoms with Crippen LogP contribution >= 0.6 is 12.4 Å². The van der Waals surface area contributed by atoms with Gasteiger partial charge in [0.2, 0.25) is 5.95 Å². The predicted molar refractivity (Wildman–Crippen MR) is 107 cm³/mol. The normalized spacial score (nSPS) is 16.7. The molecule has 8 heteroatoms. The van der Waals surface area contributed by atoms with Crippen LogP contribution < -0.4 is 16.2 Å². The van der Waals surface area contributed by atoms with Gasteiger partial charge in [-0.25, -0.2) is 4.98 Å². The number of nitrogens with zero attached hydrogens (tertiary/aromatic N) is 4. The van der Waals surface area contributed by atoms with Crippen LogP contribution in [0.15, 0.2) is 41.3 Å². The summed E-state index contributed by atoms with van der Waals surface area (Å²) in [5.41, 5.74) is 8.48. The quantitative estimate of drug-likeness (QED) is 0.718. The predicted octanol–water partition coefficient (Wildman–Crippen LogP) is 1.99. The molecule has 0 radical (unpaired) electrons. The molecular formula is C19H21ClN6O. The molecule has 1 atom stereocenters. The number of benzene rings is 1. The van der Waals surface area contributed by atoms with Crippen molar-refractivity contribution in [3.05, 3.63) is 58.0 Å². The number of nitrogens with one attached hydrogen (secondary N) is 1. The molecule has 3 aromatic rings. The van der Waals surface area contributed by atoms with E-state index in [4.69, 9.17) is 10.7 Å². The van der Waals surface area contributed by atoms with Crippen molar-refractivity contribution < 1.29 is 0 Å². The first-order chi connectivity index (χ1) is 12.7. The van der Waals surface area contributed by atoms with Crippen molar-refractivity contribution in [2.45, 2.75) is 25.4 Å². The summed E-state index contributed by atoms with van der Waals surface area (Å²) in [5.74, 6) is 0.616. The Kier molecular flexibility index (Phi) is 5.49. The van der Waals surface area contributed by atoms with Crippen LogP contribution in [0.5, 0.6) is 0 Å². The molecule has 3 N–H and O–H groups in total. The lowest BCUT2D eigenvalue weighted by molar-refractivity contribution is 0.492. The molecule has 27 heavy (non-hydrogen) atoms. The van der Waals surface area contributed by atoms with Crippen LogP contribution in [0.4, 0.5) is 5.95 Å². The van der Waals surface area contributed by atoms with Crippen LogP contribution in [0.25, 0.3) is 11.0 Å². The lowest BCUT2D eigenvalue weighted by atomic mass is 10.1. The fraction of sp³-hybridized carbons (Fsp3) is 0.316. The molecule has 1 aromatic carbocycles. The maximum Gasteiger partial charge on any atom is 0.279 e. The minimum Gasteiger partial charge on any atom is -0.355 e. The van der Waals surface area contributed by atoms with Gasteiger partial charge in [-0.15, -0.1) is 12.4 Å². The summed E-state index contributed by atoms with van der Waals surface area (Å²) in [6.07, 6.45) is 3.67. The number of nitrogens with two attached hydrogens (primary N) is 1. The number of hydrogen-bond acceptors (Lipinski definition) is 5. The second-order valence-electron chi connectivity index (χ2n) is 6.66. The van der Waals surface area contributed by atoms with E-state index in [1.165, 1.54) is 0 Å². The summed E-state index contributed by atoms with van der Waals surface area (Å²) in [7, 11) is 0. The number of piperidine rings is 1. The third kappa shape index (κ3) is 3.54. The number of aromatic nitrogens is 3.